The first-order chi connectivity index (χ1) is 15.3. The van der Waals surface area contributed by atoms with Crippen molar-refractivity contribution in [3.63, 3.8) is 0 Å². The molecule has 0 spiro atoms. The normalized spacial score (nSPS) is 18.2. The van der Waals surface area contributed by atoms with Gasteiger partial charge in [-0.05, 0) is 45.7 Å². The molecule has 2 fully saturated rings. The highest BCUT2D eigenvalue weighted by Crippen LogP contribution is 2.35. The monoisotopic (exact) mass is 502 g/mol. The van der Waals surface area contributed by atoms with Gasteiger partial charge in [0.25, 0.3) is 0 Å². The van der Waals surface area contributed by atoms with Crippen LogP contribution in [0.3, 0.4) is 0 Å². The SMILES string of the molecule is CC(C)(C)OC(=O)N1CCC(c2coc(-c3cc(Br)c4cnn(C5COC5)c4c3)n2)CC1. The zero-order chi connectivity index (χ0) is 22.5. The van der Waals surface area contributed by atoms with Gasteiger partial charge >= 0.3 is 6.09 Å². The van der Waals surface area contributed by atoms with E-state index in [0.29, 0.717) is 32.2 Å². The molecule has 8 nitrogen and oxygen atoms in total. The van der Waals surface area contributed by atoms with Crippen LogP contribution < -0.4 is 0 Å². The summed E-state index contributed by atoms with van der Waals surface area (Å²) < 4.78 is 19.7. The van der Waals surface area contributed by atoms with E-state index >= 15 is 0 Å². The van der Waals surface area contributed by atoms with Crippen LogP contribution in [0.2, 0.25) is 0 Å². The van der Waals surface area contributed by atoms with Crippen LogP contribution in [0.25, 0.3) is 22.4 Å². The highest BCUT2D eigenvalue weighted by molar-refractivity contribution is 9.10. The Kier molecular flexibility index (Phi) is 5.49. The number of hydrogen-bond donors (Lipinski definition) is 0. The molecule has 9 heteroatoms. The highest BCUT2D eigenvalue weighted by atomic mass is 79.9. The Hall–Kier alpha value is -2.39. The number of benzene rings is 1. The fourth-order valence-corrected chi connectivity index (χ4v) is 4.72. The van der Waals surface area contributed by atoms with Gasteiger partial charge in [0.15, 0.2) is 0 Å². The zero-order valence-electron chi connectivity index (χ0n) is 18.5. The molecule has 3 aromatic rings. The maximum atomic E-state index is 12.3. The average molecular weight is 503 g/mol. The molecule has 0 unspecified atom stereocenters. The van der Waals surface area contributed by atoms with Crippen LogP contribution in [-0.2, 0) is 9.47 Å². The van der Waals surface area contributed by atoms with E-state index in [9.17, 15) is 4.79 Å². The average Bonchev–Trinajstić information content (AvgIpc) is 3.34. The molecule has 4 heterocycles. The molecule has 0 radical (unpaired) electrons. The number of hydrogen-bond acceptors (Lipinski definition) is 6. The van der Waals surface area contributed by atoms with Crippen LogP contribution in [0.4, 0.5) is 4.79 Å². The van der Waals surface area contributed by atoms with Crippen molar-refractivity contribution in [2.45, 2.75) is 51.2 Å². The number of nitrogens with zero attached hydrogens (tertiary/aromatic N) is 4. The minimum atomic E-state index is -0.481. The summed E-state index contributed by atoms with van der Waals surface area (Å²) in [5.41, 5.74) is 2.39. The Morgan fingerprint density at radius 2 is 1.97 bits per heavy atom. The molecule has 170 valence electrons. The Labute approximate surface area is 195 Å². The number of aromatic nitrogens is 3. The van der Waals surface area contributed by atoms with E-state index in [1.807, 2.05) is 37.7 Å². The van der Waals surface area contributed by atoms with Crippen molar-refractivity contribution in [3.8, 4) is 11.5 Å². The number of carbonyl (C=O) groups excluding carboxylic acids is 1. The minimum absolute atomic E-state index is 0.247. The van der Waals surface area contributed by atoms with Gasteiger partial charge in [0.1, 0.15) is 11.9 Å². The maximum Gasteiger partial charge on any atom is 0.410 e. The molecule has 2 aliphatic rings. The molecule has 5 rings (SSSR count). The first-order valence-corrected chi connectivity index (χ1v) is 11.8. The first-order valence-electron chi connectivity index (χ1n) is 11.0. The van der Waals surface area contributed by atoms with Crippen LogP contribution in [-0.4, -0.2) is 57.7 Å². The summed E-state index contributed by atoms with van der Waals surface area (Å²) in [4.78, 5) is 18.9. The van der Waals surface area contributed by atoms with Crippen molar-refractivity contribution >= 4 is 32.9 Å². The molecule has 2 aromatic heterocycles. The van der Waals surface area contributed by atoms with E-state index in [2.05, 4.69) is 27.1 Å². The number of rotatable bonds is 3. The van der Waals surface area contributed by atoms with Crippen LogP contribution in [0.1, 0.15) is 51.3 Å². The third-order valence-electron chi connectivity index (χ3n) is 5.97. The van der Waals surface area contributed by atoms with Gasteiger partial charge < -0.3 is 18.8 Å². The molecule has 2 aliphatic heterocycles. The Morgan fingerprint density at radius 3 is 2.62 bits per heavy atom. The number of amides is 1. The van der Waals surface area contributed by atoms with Crippen LogP contribution in [0, 0.1) is 0 Å². The molecule has 0 aliphatic carbocycles. The fourth-order valence-electron chi connectivity index (χ4n) is 4.17. The van der Waals surface area contributed by atoms with Gasteiger partial charge in [-0.15, -0.1) is 0 Å². The quantitative estimate of drug-likeness (QED) is 0.493. The van der Waals surface area contributed by atoms with Gasteiger partial charge in [0.2, 0.25) is 5.89 Å². The van der Waals surface area contributed by atoms with E-state index in [0.717, 1.165) is 39.5 Å². The highest BCUT2D eigenvalue weighted by Gasteiger charge is 2.29. The predicted molar refractivity (Wildman–Crippen MR) is 123 cm³/mol. The molecule has 32 heavy (non-hydrogen) atoms. The number of likely N-dealkylation sites (tertiary alicyclic amines) is 1. The Bertz CT molecular complexity index is 1140. The molecule has 0 atom stereocenters. The van der Waals surface area contributed by atoms with E-state index in [1.165, 1.54) is 0 Å². The molecule has 1 aromatic carbocycles. The molecule has 0 saturated carbocycles. The second kappa shape index (κ2) is 8.19. The number of oxazole rings is 1. The third-order valence-corrected chi connectivity index (χ3v) is 6.62. The molecule has 1 amide bonds. The van der Waals surface area contributed by atoms with Crippen molar-refractivity contribution in [3.05, 3.63) is 34.8 Å². The smallest absolute Gasteiger partial charge is 0.410 e. The molecule has 0 bridgehead atoms. The lowest BCUT2D eigenvalue weighted by molar-refractivity contribution is -0.0266. The van der Waals surface area contributed by atoms with Gasteiger partial charge in [0.05, 0.1) is 36.7 Å². The van der Waals surface area contributed by atoms with Gasteiger partial charge in [-0.1, -0.05) is 15.9 Å². The molecule has 2 saturated heterocycles. The summed E-state index contributed by atoms with van der Waals surface area (Å²) in [6.07, 6.45) is 5.05. The van der Waals surface area contributed by atoms with E-state index in [1.54, 1.807) is 11.2 Å². The largest absolute Gasteiger partial charge is 0.444 e. The summed E-state index contributed by atoms with van der Waals surface area (Å²) in [6.45, 7) is 8.34. The molecule has 0 N–H and O–H groups in total. The predicted octanol–water partition coefficient (Wildman–Crippen LogP) is 5.14. The summed E-state index contributed by atoms with van der Waals surface area (Å²) in [6, 6.07) is 4.36. The lowest BCUT2D eigenvalue weighted by Gasteiger charge is -2.32. The van der Waals surface area contributed by atoms with Gasteiger partial charge in [-0.3, -0.25) is 4.68 Å². The van der Waals surface area contributed by atoms with Crippen molar-refractivity contribution in [1.29, 1.82) is 0 Å². The fraction of sp³-hybridized carbons (Fsp3) is 0.522. The first kappa shape index (κ1) is 21.5. The topological polar surface area (TPSA) is 82.6 Å². The molecular weight excluding hydrogens is 476 g/mol. The standard InChI is InChI=1S/C23H27BrN4O4/c1-23(2,3)32-22(29)27-6-4-14(5-7-27)19-13-31-21(26-19)15-8-18(24)17-10-25-28(20(17)9-15)16-11-30-12-16/h8-10,13-14,16H,4-7,11-12H2,1-3H3. The number of carbonyl (C=O) groups is 1. The Balaban J connectivity index is 1.31. The van der Waals surface area contributed by atoms with Crippen LogP contribution in [0.15, 0.2) is 33.5 Å². The van der Waals surface area contributed by atoms with Crippen molar-refractivity contribution in [1.82, 2.24) is 19.7 Å². The van der Waals surface area contributed by atoms with E-state index < -0.39 is 5.60 Å². The number of halogens is 1. The van der Waals surface area contributed by atoms with Gasteiger partial charge in [-0.2, -0.15) is 5.10 Å². The van der Waals surface area contributed by atoms with Gasteiger partial charge in [-0.25, -0.2) is 9.78 Å². The van der Waals surface area contributed by atoms with Crippen LogP contribution in [0.5, 0.6) is 0 Å². The number of ether oxygens (including phenoxy) is 2. The maximum absolute atomic E-state index is 12.3. The van der Waals surface area contributed by atoms with Crippen molar-refractivity contribution < 1.29 is 18.7 Å². The van der Waals surface area contributed by atoms with Gasteiger partial charge in [0, 0.05) is 34.4 Å². The summed E-state index contributed by atoms with van der Waals surface area (Å²) in [5, 5.41) is 5.61. The van der Waals surface area contributed by atoms with Crippen LogP contribution >= 0.6 is 15.9 Å². The summed E-state index contributed by atoms with van der Waals surface area (Å²) >= 11 is 3.67. The Morgan fingerprint density at radius 1 is 1.22 bits per heavy atom. The lowest BCUT2D eigenvalue weighted by atomic mass is 9.94. The minimum Gasteiger partial charge on any atom is -0.444 e. The lowest BCUT2D eigenvalue weighted by Crippen LogP contribution is -2.41. The number of piperidine rings is 1. The summed E-state index contributed by atoms with van der Waals surface area (Å²) in [5.74, 6) is 0.853. The van der Waals surface area contributed by atoms with E-state index in [4.69, 9.17) is 18.9 Å². The second-order valence-electron chi connectivity index (χ2n) is 9.49. The number of fused-ring (bicyclic) bond motifs is 1. The second-order valence-corrected chi connectivity index (χ2v) is 10.3. The van der Waals surface area contributed by atoms with Crippen molar-refractivity contribution in [2.24, 2.45) is 0 Å². The van der Waals surface area contributed by atoms with E-state index in [-0.39, 0.29) is 18.1 Å². The molecular formula is C23H27BrN4O4. The zero-order valence-corrected chi connectivity index (χ0v) is 20.1. The third kappa shape index (κ3) is 4.15. The summed E-state index contributed by atoms with van der Waals surface area (Å²) in [7, 11) is 0. The van der Waals surface area contributed by atoms with Crippen molar-refractivity contribution in [2.75, 3.05) is 26.3 Å².